The molecule has 2 aromatic carbocycles. The first-order valence-electron chi connectivity index (χ1n) is 7.84. The number of hydroxylamine groups is 1. The van der Waals surface area contributed by atoms with Crippen LogP contribution in [0.5, 0.6) is 17.2 Å². The number of benzene rings is 2. The van der Waals surface area contributed by atoms with Gasteiger partial charge in [0.15, 0.2) is 6.10 Å². The molecule has 0 aliphatic heterocycles. The van der Waals surface area contributed by atoms with Gasteiger partial charge in [0.25, 0.3) is 0 Å². The minimum absolute atomic E-state index is 0.237. The molecule has 138 valence electrons. The van der Waals surface area contributed by atoms with E-state index in [0.29, 0.717) is 17.2 Å². The maximum Gasteiger partial charge on any atom is 0.349 e. The molecular formula is C19H20BrNO5. The molecule has 0 bridgehead atoms. The third kappa shape index (κ3) is 6.78. The lowest BCUT2D eigenvalue weighted by atomic mass is 10.3. The third-order valence-corrected chi connectivity index (χ3v) is 3.55. The van der Waals surface area contributed by atoms with Crippen molar-refractivity contribution in [3.8, 4) is 17.2 Å². The summed E-state index contributed by atoms with van der Waals surface area (Å²) in [6.07, 6.45) is -0.776. The van der Waals surface area contributed by atoms with Gasteiger partial charge in [0.1, 0.15) is 17.2 Å². The van der Waals surface area contributed by atoms with Gasteiger partial charge in [0.2, 0.25) is 6.79 Å². The highest BCUT2D eigenvalue weighted by molar-refractivity contribution is 9.10. The molecule has 0 amide bonds. The molecule has 0 heterocycles. The number of hydrogen-bond donors (Lipinski definition) is 1. The van der Waals surface area contributed by atoms with Crippen molar-refractivity contribution in [2.24, 2.45) is 0 Å². The van der Waals surface area contributed by atoms with E-state index in [1.54, 1.807) is 38.1 Å². The summed E-state index contributed by atoms with van der Waals surface area (Å²) >= 11 is 3.38. The predicted molar refractivity (Wildman–Crippen MR) is 101 cm³/mol. The topological polar surface area (TPSA) is 66.0 Å². The summed E-state index contributed by atoms with van der Waals surface area (Å²) in [6, 6.07) is 14.5. The minimum atomic E-state index is -0.776. The van der Waals surface area contributed by atoms with E-state index < -0.39 is 12.1 Å². The van der Waals surface area contributed by atoms with Gasteiger partial charge in [-0.05, 0) is 62.4 Å². The van der Waals surface area contributed by atoms with E-state index >= 15 is 0 Å². The van der Waals surface area contributed by atoms with Gasteiger partial charge in [-0.2, -0.15) is 0 Å². The molecule has 2 rings (SSSR count). The van der Waals surface area contributed by atoms with Crippen LogP contribution in [0.2, 0.25) is 0 Å². The number of carbonyl (C=O) groups is 1. The predicted octanol–water partition coefficient (Wildman–Crippen LogP) is 4.56. The summed E-state index contributed by atoms with van der Waals surface area (Å²) in [6.45, 7) is 6.67. The Morgan fingerprint density at radius 2 is 1.62 bits per heavy atom. The van der Waals surface area contributed by atoms with Crippen molar-refractivity contribution in [1.82, 2.24) is 5.48 Å². The van der Waals surface area contributed by atoms with Crippen LogP contribution in [0.25, 0.3) is 0 Å². The molecule has 0 fully saturated rings. The fourth-order valence-corrected chi connectivity index (χ4v) is 2.10. The summed E-state index contributed by atoms with van der Waals surface area (Å²) < 4.78 is 17.2. The number of rotatable bonds is 9. The molecule has 26 heavy (non-hydrogen) atoms. The average Bonchev–Trinajstić information content (AvgIpc) is 2.62. The molecular weight excluding hydrogens is 402 g/mol. The first kappa shape index (κ1) is 19.8. The Labute approximate surface area is 160 Å². The second-order valence-electron chi connectivity index (χ2n) is 5.40. The van der Waals surface area contributed by atoms with Gasteiger partial charge in [0.05, 0.1) is 0 Å². The number of esters is 1. The molecule has 0 saturated carbocycles. The second kappa shape index (κ2) is 9.84. The SMILES string of the molecule is C=C(C)NOCOC(=O)C(C)Oc1ccc(Oc2ccc(Br)cc2)cc1. The standard InChI is InChI=1S/C19H20BrNO5/c1-13(2)21-24-12-23-19(22)14(3)25-16-8-10-18(11-9-16)26-17-6-4-15(20)5-7-17/h4-11,14,21H,1,12H2,2-3H3. The fraction of sp³-hybridized carbons (Fsp3) is 0.211. The Bertz CT molecular complexity index is 731. The molecule has 7 heteroatoms. The summed E-state index contributed by atoms with van der Waals surface area (Å²) in [7, 11) is 0. The van der Waals surface area contributed by atoms with Gasteiger partial charge in [0, 0.05) is 10.2 Å². The van der Waals surface area contributed by atoms with E-state index in [1.807, 2.05) is 24.3 Å². The zero-order chi connectivity index (χ0) is 18.9. The van der Waals surface area contributed by atoms with Crippen LogP contribution < -0.4 is 15.0 Å². The van der Waals surface area contributed by atoms with Crippen LogP contribution in [-0.4, -0.2) is 18.9 Å². The third-order valence-electron chi connectivity index (χ3n) is 3.02. The van der Waals surface area contributed by atoms with Gasteiger partial charge in [-0.15, -0.1) is 0 Å². The quantitative estimate of drug-likeness (QED) is 0.277. The molecule has 0 aromatic heterocycles. The molecule has 0 spiro atoms. The van der Waals surface area contributed by atoms with Gasteiger partial charge in [-0.25, -0.2) is 9.63 Å². The molecule has 0 radical (unpaired) electrons. The number of allylic oxidation sites excluding steroid dienone is 1. The Hall–Kier alpha value is -2.51. The van der Waals surface area contributed by atoms with Crippen molar-refractivity contribution < 1.29 is 23.8 Å². The monoisotopic (exact) mass is 421 g/mol. The molecule has 0 saturated heterocycles. The van der Waals surface area contributed by atoms with Crippen LogP contribution in [0.3, 0.4) is 0 Å². The Balaban J connectivity index is 1.81. The molecule has 0 aliphatic carbocycles. The number of carbonyl (C=O) groups excluding carboxylic acids is 1. The Morgan fingerprint density at radius 3 is 2.19 bits per heavy atom. The van der Waals surface area contributed by atoms with Gasteiger partial charge >= 0.3 is 5.97 Å². The summed E-state index contributed by atoms with van der Waals surface area (Å²) in [5, 5.41) is 0. The fourth-order valence-electron chi connectivity index (χ4n) is 1.83. The number of hydrogen-bond acceptors (Lipinski definition) is 6. The Morgan fingerprint density at radius 1 is 1.08 bits per heavy atom. The molecule has 0 aliphatic rings. The molecule has 1 N–H and O–H groups in total. The lowest BCUT2D eigenvalue weighted by Crippen LogP contribution is -2.28. The van der Waals surface area contributed by atoms with E-state index in [0.717, 1.165) is 10.2 Å². The highest BCUT2D eigenvalue weighted by Crippen LogP contribution is 2.25. The maximum absolute atomic E-state index is 11.8. The lowest BCUT2D eigenvalue weighted by Gasteiger charge is -2.14. The lowest BCUT2D eigenvalue weighted by molar-refractivity contribution is -0.168. The summed E-state index contributed by atoms with van der Waals surface area (Å²) in [5.74, 6) is 1.37. The van der Waals surface area contributed by atoms with Crippen LogP contribution in [0.4, 0.5) is 0 Å². The van der Waals surface area contributed by atoms with Crippen molar-refractivity contribution in [1.29, 1.82) is 0 Å². The van der Waals surface area contributed by atoms with Crippen LogP contribution in [0.15, 0.2) is 65.3 Å². The zero-order valence-corrected chi connectivity index (χ0v) is 16.1. The van der Waals surface area contributed by atoms with Crippen LogP contribution in [0.1, 0.15) is 13.8 Å². The second-order valence-corrected chi connectivity index (χ2v) is 6.31. The van der Waals surface area contributed by atoms with E-state index in [2.05, 4.69) is 28.0 Å². The number of ether oxygens (including phenoxy) is 3. The van der Waals surface area contributed by atoms with Crippen LogP contribution in [0, 0.1) is 0 Å². The van der Waals surface area contributed by atoms with Crippen molar-refractivity contribution in [3.05, 3.63) is 65.3 Å². The van der Waals surface area contributed by atoms with E-state index in [9.17, 15) is 4.79 Å². The molecule has 1 atom stereocenters. The molecule has 1 unspecified atom stereocenters. The Kier molecular flexibility index (Phi) is 7.50. The van der Waals surface area contributed by atoms with Crippen molar-refractivity contribution in [3.63, 3.8) is 0 Å². The smallest absolute Gasteiger partial charge is 0.349 e. The molecule has 2 aromatic rings. The van der Waals surface area contributed by atoms with Crippen molar-refractivity contribution >= 4 is 21.9 Å². The minimum Gasteiger partial charge on any atom is -0.479 e. The van der Waals surface area contributed by atoms with E-state index in [4.69, 9.17) is 19.0 Å². The largest absolute Gasteiger partial charge is 0.479 e. The number of nitrogens with one attached hydrogen (secondary N) is 1. The normalized spacial score (nSPS) is 11.3. The highest BCUT2D eigenvalue weighted by atomic mass is 79.9. The molecule has 6 nitrogen and oxygen atoms in total. The summed E-state index contributed by atoms with van der Waals surface area (Å²) in [4.78, 5) is 16.7. The average molecular weight is 422 g/mol. The van der Waals surface area contributed by atoms with Gasteiger partial charge in [-0.3, -0.25) is 5.48 Å². The van der Waals surface area contributed by atoms with Gasteiger partial charge < -0.3 is 14.2 Å². The highest BCUT2D eigenvalue weighted by Gasteiger charge is 2.16. The first-order chi connectivity index (χ1) is 12.4. The van der Waals surface area contributed by atoms with E-state index in [-0.39, 0.29) is 6.79 Å². The van der Waals surface area contributed by atoms with E-state index in [1.165, 1.54) is 0 Å². The maximum atomic E-state index is 11.8. The summed E-state index contributed by atoms with van der Waals surface area (Å²) in [5.41, 5.74) is 3.10. The van der Waals surface area contributed by atoms with Crippen LogP contribution >= 0.6 is 15.9 Å². The first-order valence-corrected chi connectivity index (χ1v) is 8.63. The zero-order valence-electron chi connectivity index (χ0n) is 14.5. The van der Waals surface area contributed by atoms with Crippen LogP contribution in [-0.2, 0) is 14.4 Å². The van der Waals surface area contributed by atoms with Crippen molar-refractivity contribution in [2.45, 2.75) is 20.0 Å². The van der Waals surface area contributed by atoms with Crippen molar-refractivity contribution in [2.75, 3.05) is 6.79 Å². The van der Waals surface area contributed by atoms with Gasteiger partial charge in [-0.1, -0.05) is 22.5 Å². The number of halogens is 1.